The third-order valence-electron chi connectivity index (χ3n) is 6.65. The molecule has 0 aromatic heterocycles. The molecule has 4 rings (SSSR count). The molecule has 3 aliphatic carbocycles. The maximum Gasteiger partial charge on any atom is 0.0703 e. The maximum atomic E-state index is 11.3. The Bertz CT molecular complexity index is 481. The van der Waals surface area contributed by atoms with Gasteiger partial charge in [-0.15, -0.1) is 0 Å². The van der Waals surface area contributed by atoms with E-state index in [4.69, 9.17) is 0 Å². The highest BCUT2D eigenvalue weighted by molar-refractivity contribution is 5.32. The van der Waals surface area contributed by atoms with Gasteiger partial charge in [-0.05, 0) is 73.8 Å². The summed E-state index contributed by atoms with van der Waals surface area (Å²) in [5.74, 6) is 1.95. The summed E-state index contributed by atoms with van der Waals surface area (Å²) in [7, 11) is 0. The number of benzene rings is 1. The van der Waals surface area contributed by atoms with Gasteiger partial charge in [-0.3, -0.25) is 0 Å². The third kappa shape index (κ3) is 2.44. The van der Waals surface area contributed by atoms with Crippen molar-refractivity contribution in [1.82, 2.24) is 0 Å². The van der Waals surface area contributed by atoms with Gasteiger partial charge in [-0.1, -0.05) is 43.5 Å². The van der Waals surface area contributed by atoms with Crippen LogP contribution in [0.15, 0.2) is 24.3 Å². The SMILES string of the molecule is O[C@]12CCCC[C@@H]1CCCC2CC1Cc2ccccc2C1. The molecule has 3 atom stereocenters. The third-order valence-corrected chi connectivity index (χ3v) is 6.65. The van der Waals surface area contributed by atoms with E-state index in [9.17, 15) is 5.11 Å². The molecule has 1 heteroatoms. The fourth-order valence-electron chi connectivity index (χ4n) is 5.59. The van der Waals surface area contributed by atoms with E-state index in [2.05, 4.69) is 24.3 Å². The second-order valence-electron chi connectivity index (χ2n) is 7.84. The smallest absolute Gasteiger partial charge is 0.0703 e. The first-order valence-electron chi connectivity index (χ1n) is 9.05. The molecule has 2 saturated carbocycles. The van der Waals surface area contributed by atoms with Crippen molar-refractivity contribution in [2.45, 2.75) is 69.8 Å². The summed E-state index contributed by atoms with van der Waals surface area (Å²) in [5, 5.41) is 11.3. The highest BCUT2D eigenvalue weighted by atomic mass is 16.3. The van der Waals surface area contributed by atoms with Crippen LogP contribution >= 0.6 is 0 Å². The normalized spacial score (nSPS) is 36.2. The van der Waals surface area contributed by atoms with Gasteiger partial charge in [0.05, 0.1) is 5.60 Å². The summed E-state index contributed by atoms with van der Waals surface area (Å²) in [6.45, 7) is 0. The lowest BCUT2D eigenvalue weighted by molar-refractivity contribution is -0.123. The monoisotopic (exact) mass is 284 g/mol. The van der Waals surface area contributed by atoms with Crippen molar-refractivity contribution in [3.63, 3.8) is 0 Å². The van der Waals surface area contributed by atoms with Crippen LogP contribution < -0.4 is 0 Å². The minimum absolute atomic E-state index is 0.314. The van der Waals surface area contributed by atoms with E-state index < -0.39 is 0 Å². The quantitative estimate of drug-likeness (QED) is 0.847. The molecule has 1 aromatic carbocycles. The molecule has 2 fully saturated rings. The summed E-state index contributed by atoms with van der Waals surface area (Å²) in [5.41, 5.74) is 2.81. The molecular formula is C20H28O. The van der Waals surface area contributed by atoms with Gasteiger partial charge in [-0.2, -0.15) is 0 Å². The molecule has 0 radical (unpaired) electrons. The van der Waals surface area contributed by atoms with Crippen molar-refractivity contribution < 1.29 is 5.11 Å². The lowest BCUT2D eigenvalue weighted by atomic mass is 9.60. The maximum absolute atomic E-state index is 11.3. The van der Waals surface area contributed by atoms with Crippen molar-refractivity contribution in [2.24, 2.45) is 17.8 Å². The molecule has 0 saturated heterocycles. The van der Waals surface area contributed by atoms with E-state index in [0.29, 0.717) is 11.8 Å². The molecule has 0 heterocycles. The van der Waals surface area contributed by atoms with Crippen molar-refractivity contribution in [2.75, 3.05) is 0 Å². The second-order valence-corrected chi connectivity index (χ2v) is 7.84. The lowest BCUT2D eigenvalue weighted by Gasteiger charge is -2.49. The number of rotatable bonds is 2. The Morgan fingerprint density at radius 1 is 0.952 bits per heavy atom. The molecule has 114 valence electrons. The zero-order valence-electron chi connectivity index (χ0n) is 13.1. The first-order chi connectivity index (χ1) is 10.3. The van der Waals surface area contributed by atoms with Gasteiger partial charge in [0.2, 0.25) is 0 Å². The predicted octanol–water partition coefficient (Wildman–Crippen LogP) is 4.51. The highest BCUT2D eigenvalue weighted by Gasteiger charge is 2.47. The first kappa shape index (κ1) is 13.8. The molecule has 1 unspecified atom stereocenters. The molecule has 1 N–H and O–H groups in total. The van der Waals surface area contributed by atoms with Gasteiger partial charge in [-0.25, -0.2) is 0 Å². The van der Waals surface area contributed by atoms with Crippen molar-refractivity contribution in [3.8, 4) is 0 Å². The van der Waals surface area contributed by atoms with Gasteiger partial charge < -0.3 is 5.11 Å². The molecule has 3 aliphatic rings. The average molecular weight is 284 g/mol. The molecule has 21 heavy (non-hydrogen) atoms. The van der Waals surface area contributed by atoms with E-state index in [1.807, 2.05) is 0 Å². The highest BCUT2D eigenvalue weighted by Crippen LogP contribution is 2.49. The topological polar surface area (TPSA) is 20.2 Å². The van der Waals surface area contributed by atoms with Gasteiger partial charge in [0.15, 0.2) is 0 Å². The van der Waals surface area contributed by atoms with Gasteiger partial charge in [0.25, 0.3) is 0 Å². The number of hydrogen-bond acceptors (Lipinski definition) is 1. The summed E-state index contributed by atoms with van der Waals surface area (Å²) in [6, 6.07) is 8.95. The number of fused-ring (bicyclic) bond motifs is 2. The van der Waals surface area contributed by atoms with E-state index in [0.717, 1.165) is 12.3 Å². The minimum atomic E-state index is -0.314. The molecule has 0 aliphatic heterocycles. The van der Waals surface area contributed by atoms with Crippen LogP contribution in [0.25, 0.3) is 0 Å². The summed E-state index contributed by atoms with van der Waals surface area (Å²) in [4.78, 5) is 0. The number of hydrogen-bond donors (Lipinski definition) is 1. The Labute approximate surface area is 128 Å². The molecular weight excluding hydrogens is 256 g/mol. The molecule has 1 aromatic rings. The van der Waals surface area contributed by atoms with Gasteiger partial charge in [0, 0.05) is 0 Å². The Hall–Kier alpha value is -0.820. The molecule has 0 amide bonds. The largest absolute Gasteiger partial charge is 0.389 e. The van der Waals surface area contributed by atoms with Crippen LogP contribution in [0.1, 0.15) is 62.5 Å². The molecule has 0 spiro atoms. The molecule has 0 bridgehead atoms. The first-order valence-corrected chi connectivity index (χ1v) is 9.05. The number of aliphatic hydroxyl groups is 1. The Kier molecular flexibility index (Phi) is 3.57. The van der Waals surface area contributed by atoms with Crippen LogP contribution in [0, 0.1) is 17.8 Å². The van der Waals surface area contributed by atoms with Crippen LogP contribution in [-0.2, 0) is 12.8 Å². The summed E-state index contributed by atoms with van der Waals surface area (Å²) < 4.78 is 0. The average Bonchev–Trinajstić information content (AvgIpc) is 2.90. The Morgan fingerprint density at radius 2 is 1.67 bits per heavy atom. The lowest BCUT2D eigenvalue weighted by Crippen LogP contribution is -2.50. The second kappa shape index (κ2) is 5.43. The Balaban J connectivity index is 1.47. The minimum Gasteiger partial charge on any atom is -0.389 e. The van der Waals surface area contributed by atoms with Crippen LogP contribution in [0.5, 0.6) is 0 Å². The van der Waals surface area contributed by atoms with Crippen LogP contribution in [-0.4, -0.2) is 10.7 Å². The predicted molar refractivity (Wildman–Crippen MR) is 86.2 cm³/mol. The van der Waals surface area contributed by atoms with Crippen LogP contribution in [0.2, 0.25) is 0 Å². The van der Waals surface area contributed by atoms with Crippen LogP contribution in [0.4, 0.5) is 0 Å². The van der Waals surface area contributed by atoms with Crippen molar-refractivity contribution >= 4 is 0 Å². The van der Waals surface area contributed by atoms with Gasteiger partial charge in [0.1, 0.15) is 0 Å². The standard InChI is InChI=1S/C20H28O/c21-20-11-4-3-8-18(20)9-5-10-19(20)14-15-12-16-6-1-2-7-17(16)13-15/h1-2,6-7,15,18-19,21H,3-5,8-14H2/t18-,19?,20-/m1/s1. The Morgan fingerprint density at radius 3 is 2.43 bits per heavy atom. The van der Waals surface area contributed by atoms with Crippen molar-refractivity contribution in [1.29, 1.82) is 0 Å². The molecule has 1 nitrogen and oxygen atoms in total. The summed E-state index contributed by atoms with van der Waals surface area (Å²) >= 11 is 0. The van der Waals surface area contributed by atoms with E-state index in [1.165, 1.54) is 57.8 Å². The summed E-state index contributed by atoms with van der Waals surface area (Å²) in [6.07, 6.45) is 12.6. The van der Waals surface area contributed by atoms with E-state index in [-0.39, 0.29) is 5.60 Å². The van der Waals surface area contributed by atoms with Crippen LogP contribution in [0.3, 0.4) is 0 Å². The van der Waals surface area contributed by atoms with E-state index in [1.54, 1.807) is 11.1 Å². The van der Waals surface area contributed by atoms with Crippen molar-refractivity contribution in [3.05, 3.63) is 35.4 Å². The fraction of sp³-hybridized carbons (Fsp3) is 0.700. The fourth-order valence-corrected chi connectivity index (χ4v) is 5.59. The van der Waals surface area contributed by atoms with Gasteiger partial charge >= 0.3 is 0 Å². The van der Waals surface area contributed by atoms with E-state index >= 15 is 0 Å². The zero-order chi connectivity index (χ0) is 14.3. The zero-order valence-corrected chi connectivity index (χ0v) is 13.1.